The average molecular weight is 291 g/mol. The van der Waals surface area contributed by atoms with Gasteiger partial charge in [0.1, 0.15) is 11.3 Å². The van der Waals surface area contributed by atoms with Crippen LogP contribution in [-0.2, 0) is 0 Å². The predicted molar refractivity (Wildman–Crippen MR) is 81.6 cm³/mol. The van der Waals surface area contributed by atoms with Crippen molar-refractivity contribution in [2.75, 3.05) is 18.4 Å². The maximum atomic E-state index is 12.2. The van der Waals surface area contributed by atoms with E-state index in [9.17, 15) is 14.9 Å². The fourth-order valence-electron chi connectivity index (χ4n) is 2.80. The van der Waals surface area contributed by atoms with Gasteiger partial charge in [-0.2, -0.15) is 0 Å². The van der Waals surface area contributed by atoms with Crippen LogP contribution in [-0.4, -0.2) is 23.9 Å². The lowest BCUT2D eigenvalue weighted by atomic mass is 10.1. The molecule has 114 valence electrons. The van der Waals surface area contributed by atoms with Crippen molar-refractivity contribution in [3.8, 4) is 0 Å². The summed E-state index contributed by atoms with van der Waals surface area (Å²) in [6, 6.07) is 4.79. The molecular formula is C15H21N3O3. The van der Waals surface area contributed by atoms with Gasteiger partial charge in [0.25, 0.3) is 5.91 Å². The van der Waals surface area contributed by atoms with Gasteiger partial charge in [0.2, 0.25) is 0 Å². The van der Waals surface area contributed by atoms with E-state index < -0.39 is 4.92 Å². The third-order valence-electron chi connectivity index (χ3n) is 3.86. The van der Waals surface area contributed by atoms with Crippen LogP contribution < -0.4 is 10.6 Å². The highest BCUT2D eigenvalue weighted by atomic mass is 16.6. The number of nitrogens with zero attached hydrogens (tertiary/aromatic N) is 1. The maximum Gasteiger partial charge on any atom is 0.305 e. The number of carbonyl (C=O) groups excluding carboxylic acids is 1. The second-order valence-electron chi connectivity index (χ2n) is 5.35. The molecule has 1 fully saturated rings. The van der Waals surface area contributed by atoms with Crippen molar-refractivity contribution in [2.24, 2.45) is 5.92 Å². The largest absolute Gasteiger partial charge is 0.380 e. The number of nitro benzene ring substituents is 1. The fraction of sp³-hybridized carbons (Fsp3) is 0.533. The van der Waals surface area contributed by atoms with E-state index in [1.165, 1.54) is 18.9 Å². The number of anilines is 1. The Morgan fingerprint density at radius 3 is 2.71 bits per heavy atom. The molecule has 0 bridgehead atoms. The first kappa shape index (κ1) is 15.3. The van der Waals surface area contributed by atoms with Gasteiger partial charge >= 0.3 is 5.69 Å². The van der Waals surface area contributed by atoms with E-state index in [0.29, 0.717) is 24.7 Å². The van der Waals surface area contributed by atoms with E-state index in [0.717, 1.165) is 12.8 Å². The Balaban J connectivity index is 2.15. The van der Waals surface area contributed by atoms with Gasteiger partial charge in [-0.05, 0) is 37.8 Å². The molecule has 1 amide bonds. The average Bonchev–Trinajstić information content (AvgIpc) is 2.98. The summed E-state index contributed by atoms with van der Waals surface area (Å²) < 4.78 is 0. The zero-order chi connectivity index (χ0) is 15.2. The lowest BCUT2D eigenvalue weighted by Gasteiger charge is -2.12. The van der Waals surface area contributed by atoms with Gasteiger partial charge in [-0.15, -0.1) is 0 Å². The molecule has 0 spiro atoms. The second-order valence-corrected chi connectivity index (χ2v) is 5.35. The van der Waals surface area contributed by atoms with Crippen LogP contribution in [0.5, 0.6) is 0 Å². The van der Waals surface area contributed by atoms with Gasteiger partial charge in [0.05, 0.1) is 4.92 Å². The first-order valence-electron chi connectivity index (χ1n) is 7.43. The molecule has 1 aromatic carbocycles. The highest BCUT2D eigenvalue weighted by molar-refractivity contribution is 6.00. The van der Waals surface area contributed by atoms with Crippen molar-refractivity contribution < 1.29 is 9.72 Å². The van der Waals surface area contributed by atoms with Crippen LogP contribution in [0, 0.1) is 16.0 Å². The molecule has 0 aromatic heterocycles. The van der Waals surface area contributed by atoms with Crippen molar-refractivity contribution in [3.05, 3.63) is 33.9 Å². The summed E-state index contributed by atoms with van der Waals surface area (Å²) in [4.78, 5) is 23.0. The number of carbonyl (C=O) groups is 1. The number of nitrogens with one attached hydrogen (secondary N) is 2. The highest BCUT2D eigenvalue weighted by Crippen LogP contribution is 2.29. The molecule has 2 rings (SSSR count). The lowest BCUT2D eigenvalue weighted by Crippen LogP contribution is -2.29. The summed E-state index contributed by atoms with van der Waals surface area (Å²) in [5.41, 5.74) is 0.357. The summed E-state index contributed by atoms with van der Waals surface area (Å²) in [5.74, 6) is 0.137. The Hall–Kier alpha value is -2.11. The Kier molecular flexibility index (Phi) is 5.14. The van der Waals surface area contributed by atoms with Crippen LogP contribution in [0.1, 0.15) is 43.0 Å². The van der Waals surface area contributed by atoms with Gasteiger partial charge in [-0.25, -0.2) is 0 Å². The number of hydrogen-bond donors (Lipinski definition) is 2. The van der Waals surface area contributed by atoms with Crippen molar-refractivity contribution in [1.29, 1.82) is 0 Å². The van der Waals surface area contributed by atoms with Gasteiger partial charge in [0, 0.05) is 13.1 Å². The van der Waals surface area contributed by atoms with E-state index in [1.54, 1.807) is 12.1 Å². The topological polar surface area (TPSA) is 84.3 Å². The number of hydrogen-bond acceptors (Lipinski definition) is 4. The first-order chi connectivity index (χ1) is 10.1. The first-order valence-corrected chi connectivity index (χ1v) is 7.43. The Morgan fingerprint density at radius 2 is 2.10 bits per heavy atom. The van der Waals surface area contributed by atoms with E-state index in [4.69, 9.17) is 0 Å². The molecule has 6 nitrogen and oxygen atoms in total. The molecule has 0 heterocycles. The molecule has 21 heavy (non-hydrogen) atoms. The maximum absolute atomic E-state index is 12.2. The van der Waals surface area contributed by atoms with Crippen LogP contribution in [0.4, 0.5) is 11.4 Å². The third kappa shape index (κ3) is 3.71. The van der Waals surface area contributed by atoms with Crippen LogP contribution >= 0.6 is 0 Å². The van der Waals surface area contributed by atoms with Crippen molar-refractivity contribution in [2.45, 2.75) is 32.6 Å². The highest BCUT2D eigenvalue weighted by Gasteiger charge is 2.25. The van der Waals surface area contributed by atoms with Crippen LogP contribution in [0.3, 0.4) is 0 Å². The molecule has 0 aliphatic heterocycles. The summed E-state index contributed by atoms with van der Waals surface area (Å²) >= 11 is 0. The molecule has 0 saturated heterocycles. The number of para-hydroxylation sites is 1. The second kappa shape index (κ2) is 7.06. The van der Waals surface area contributed by atoms with E-state index in [-0.39, 0.29) is 17.2 Å². The summed E-state index contributed by atoms with van der Waals surface area (Å²) in [6.07, 6.45) is 4.66. The van der Waals surface area contributed by atoms with E-state index >= 15 is 0 Å². The van der Waals surface area contributed by atoms with E-state index in [2.05, 4.69) is 10.6 Å². The third-order valence-corrected chi connectivity index (χ3v) is 3.86. The van der Waals surface area contributed by atoms with Gasteiger partial charge < -0.3 is 10.6 Å². The number of nitro groups is 1. The standard InChI is InChI=1S/C15H21N3O3/c1-2-16-13-9-5-8-12(14(13)18(20)21)15(19)17-10-11-6-3-4-7-11/h5,8-9,11,16H,2-4,6-7,10H2,1H3,(H,17,19). The molecule has 0 atom stereocenters. The van der Waals surface area contributed by atoms with Gasteiger partial charge in [-0.3, -0.25) is 14.9 Å². The Labute approximate surface area is 124 Å². The molecule has 6 heteroatoms. The van der Waals surface area contributed by atoms with Crippen molar-refractivity contribution in [3.63, 3.8) is 0 Å². The number of rotatable bonds is 6. The predicted octanol–water partition coefficient (Wildman–Crippen LogP) is 2.95. The minimum absolute atomic E-state index is 0.122. The van der Waals surface area contributed by atoms with Gasteiger partial charge in [-0.1, -0.05) is 18.9 Å². The molecule has 2 N–H and O–H groups in total. The molecule has 0 unspecified atom stereocenters. The summed E-state index contributed by atoms with van der Waals surface area (Å²) in [7, 11) is 0. The van der Waals surface area contributed by atoms with Crippen molar-refractivity contribution in [1.82, 2.24) is 5.32 Å². The summed E-state index contributed by atoms with van der Waals surface area (Å²) in [5, 5.41) is 17.0. The molecule has 1 aliphatic carbocycles. The van der Waals surface area contributed by atoms with Crippen LogP contribution in [0.2, 0.25) is 0 Å². The zero-order valence-electron chi connectivity index (χ0n) is 12.2. The fourth-order valence-corrected chi connectivity index (χ4v) is 2.80. The molecule has 0 radical (unpaired) electrons. The quantitative estimate of drug-likeness (QED) is 0.623. The normalized spacial score (nSPS) is 14.9. The lowest BCUT2D eigenvalue weighted by molar-refractivity contribution is -0.384. The van der Waals surface area contributed by atoms with Crippen LogP contribution in [0.25, 0.3) is 0 Å². The molecule has 1 saturated carbocycles. The number of benzene rings is 1. The Bertz CT molecular complexity index is 525. The smallest absolute Gasteiger partial charge is 0.305 e. The van der Waals surface area contributed by atoms with Crippen LogP contribution in [0.15, 0.2) is 18.2 Å². The minimum Gasteiger partial charge on any atom is -0.380 e. The molecular weight excluding hydrogens is 270 g/mol. The number of amides is 1. The zero-order valence-corrected chi connectivity index (χ0v) is 12.2. The van der Waals surface area contributed by atoms with Crippen molar-refractivity contribution >= 4 is 17.3 Å². The summed E-state index contributed by atoms with van der Waals surface area (Å²) in [6.45, 7) is 3.02. The van der Waals surface area contributed by atoms with E-state index in [1.807, 2.05) is 6.92 Å². The Morgan fingerprint density at radius 1 is 1.38 bits per heavy atom. The minimum atomic E-state index is -0.498. The molecule has 1 aromatic rings. The SMILES string of the molecule is CCNc1cccc(C(=O)NCC2CCCC2)c1[N+](=O)[O-]. The monoisotopic (exact) mass is 291 g/mol. The van der Waals surface area contributed by atoms with Gasteiger partial charge in [0.15, 0.2) is 0 Å². The molecule has 1 aliphatic rings.